The van der Waals surface area contributed by atoms with Gasteiger partial charge in [0, 0.05) is 53.4 Å². The number of nitrogens with one attached hydrogen (secondary N) is 4. The zero-order valence-electron chi connectivity index (χ0n) is 19.4. The zero-order valence-corrected chi connectivity index (χ0v) is 20.3. The smallest absolute Gasteiger partial charge is 0.232 e. The van der Waals surface area contributed by atoms with Gasteiger partial charge in [-0.3, -0.25) is 9.52 Å². The lowest BCUT2D eigenvalue weighted by Gasteiger charge is -2.11. The van der Waals surface area contributed by atoms with E-state index in [2.05, 4.69) is 20.0 Å². The Morgan fingerprint density at radius 3 is 2.61 bits per heavy atom. The van der Waals surface area contributed by atoms with Crippen LogP contribution in [0.3, 0.4) is 0 Å². The van der Waals surface area contributed by atoms with E-state index in [1.807, 2.05) is 6.07 Å². The third-order valence-corrected chi connectivity index (χ3v) is 7.12. The van der Waals surface area contributed by atoms with Gasteiger partial charge in [-0.15, -0.1) is 0 Å². The maximum atomic E-state index is 15.2. The molecule has 0 unspecified atom stereocenters. The summed E-state index contributed by atoms with van der Waals surface area (Å²) >= 11 is 0. The van der Waals surface area contributed by atoms with Crippen molar-refractivity contribution >= 4 is 44.4 Å². The second-order valence-corrected chi connectivity index (χ2v) is 9.89. The van der Waals surface area contributed by atoms with Crippen molar-refractivity contribution in [3.63, 3.8) is 0 Å². The van der Waals surface area contributed by atoms with Crippen molar-refractivity contribution < 1.29 is 22.0 Å². The molecule has 0 aliphatic rings. The van der Waals surface area contributed by atoms with E-state index < -0.39 is 38.7 Å². The first-order valence-electron chi connectivity index (χ1n) is 11.0. The molecular formula is C25H23F2N5O3S. The third kappa shape index (κ3) is 4.69. The highest BCUT2D eigenvalue weighted by atomic mass is 32.2. The first-order valence-corrected chi connectivity index (χ1v) is 12.7. The van der Waals surface area contributed by atoms with Gasteiger partial charge in [-0.05, 0) is 36.2 Å². The fraction of sp³-hybridized carbons (Fsp3) is 0.160. The monoisotopic (exact) mass is 511 g/mol. The summed E-state index contributed by atoms with van der Waals surface area (Å²) in [4.78, 5) is 20.5. The summed E-state index contributed by atoms with van der Waals surface area (Å²) in [5.41, 5.74) is 1.76. The van der Waals surface area contributed by atoms with Gasteiger partial charge in [-0.1, -0.05) is 19.1 Å². The number of halogens is 2. The van der Waals surface area contributed by atoms with Gasteiger partial charge in [0.05, 0.1) is 17.0 Å². The molecule has 0 radical (unpaired) electrons. The number of nitrogens with zero attached hydrogens (tertiary/aromatic N) is 1. The van der Waals surface area contributed by atoms with Crippen molar-refractivity contribution in [2.45, 2.75) is 13.3 Å². The highest BCUT2D eigenvalue weighted by Gasteiger charge is 2.26. The number of sulfonamides is 1. The Morgan fingerprint density at radius 1 is 1.14 bits per heavy atom. The molecule has 2 aromatic heterocycles. The molecule has 0 bridgehead atoms. The molecule has 36 heavy (non-hydrogen) atoms. The Labute approximate surface area is 206 Å². The Morgan fingerprint density at radius 2 is 1.92 bits per heavy atom. The molecule has 0 aliphatic heterocycles. The number of carbonyl (C=O) groups excluding carboxylic acids is 1. The number of carbonyl (C=O) groups is 1. The highest BCUT2D eigenvalue weighted by molar-refractivity contribution is 7.92. The maximum Gasteiger partial charge on any atom is 0.232 e. The number of benzene rings is 2. The Balaban J connectivity index is 1.78. The normalized spacial score (nSPS) is 11.4. The van der Waals surface area contributed by atoms with Crippen LogP contribution in [0, 0.1) is 17.0 Å². The Bertz CT molecular complexity index is 1600. The molecule has 11 heteroatoms. The van der Waals surface area contributed by atoms with E-state index in [1.165, 1.54) is 12.4 Å². The molecule has 0 spiro atoms. The van der Waals surface area contributed by atoms with Crippen LogP contribution in [0.5, 0.6) is 0 Å². The molecule has 186 valence electrons. The summed E-state index contributed by atoms with van der Waals surface area (Å²) in [5.74, 6) is -3.61. The second-order valence-electron chi connectivity index (χ2n) is 8.05. The number of ketones is 1. The summed E-state index contributed by atoms with van der Waals surface area (Å²) in [5, 5.41) is 10.9. The van der Waals surface area contributed by atoms with Crippen molar-refractivity contribution in [3.05, 3.63) is 77.1 Å². The SMILES string of the molecule is CCCS(=O)(=O)Nc1ccc(F)c(C(=O)c2c[nH]c3ncc(-c4ccc(C=N)c(NC)c4)cc23)c1F. The van der Waals surface area contributed by atoms with Crippen molar-refractivity contribution in [1.29, 1.82) is 5.41 Å². The Kier molecular flexibility index (Phi) is 6.84. The maximum absolute atomic E-state index is 15.2. The van der Waals surface area contributed by atoms with Crippen LogP contribution in [0.15, 0.2) is 48.8 Å². The van der Waals surface area contributed by atoms with Gasteiger partial charge in [0.15, 0.2) is 5.82 Å². The predicted octanol–water partition coefficient (Wildman–Crippen LogP) is 4.93. The van der Waals surface area contributed by atoms with Gasteiger partial charge in [-0.25, -0.2) is 22.2 Å². The second kappa shape index (κ2) is 9.86. The molecule has 0 amide bonds. The van der Waals surface area contributed by atoms with Crippen LogP contribution in [-0.2, 0) is 10.0 Å². The van der Waals surface area contributed by atoms with Gasteiger partial charge in [0.2, 0.25) is 15.8 Å². The first-order chi connectivity index (χ1) is 17.2. The number of fused-ring (bicyclic) bond motifs is 1. The van der Waals surface area contributed by atoms with Crippen LogP contribution in [0.4, 0.5) is 20.2 Å². The van der Waals surface area contributed by atoms with E-state index in [-0.39, 0.29) is 11.3 Å². The fourth-order valence-corrected chi connectivity index (χ4v) is 5.02. The minimum absolute atomic E-state index is 0.0179. The molecule has 8 nitrogen and oxygen atoms in total. The van der Waals surface area contributed by atoms with Gasteiger partial charge >= 0.3 is 0 Å². The first kappa shape index (κ1) is 25.0. The molecule has 0 fully saturated rings. The molecule has 4 rings (SSSR count). The summed E-state index contributed by atoms with van der Waals surface area (Å²) in [6, 6.07) is 8.85. The van der Waals surface area contributed by atoms with Crippen LogP contribution in [0.2, 0.25) is 0 Å². The van der Waals surface area contributed by atoms with Crippen molar-refractivity contribution in [2.75, 3.05) is 22.8 Å². The van der Waals surface area contributed by atoms with E-state index in [0.29, 0.717) is 28.6 Å². The van der Waals surface area contributed by atoms with Crippen LogP contribution in [0.25, 0.3) is 22.2 Å². The van der Waals surface area contributed by atoms with E-state index in [0.717, 1.165) is 23.4 Å². The highest BCUT2D eigenvalue weighted by Crippen LogP contribution is 2.31. The molecule has 4 aromatic rings. The molecule has 2 heterocycles. The number of H-pyrrole nitrogens is 1. The summed E-state index contributed by atoms with van der Waals surface area (Å²) in [6.45, 7) is 1.65. The molecule has 2 aromatic carbocycles. The molecule has 0 atom stereocenters. The summed E-state index contributed by atoms with van der Waals surface area (Å²) in [6.07, 6.45) is 4.43. The summed E-state index contributed by atoms with van der Waals surface area (Å²) < 4.78 is 56.1. The van der Waals surface area contributed by atoms with Crippen LogP contribution < -0.4 is 10.0 Å². The van der Waals surface area contributed by atoms with Gasteiger partial charge in [0.1, 0.15) is 11.5 Å². The van der Waals surface area contributed by atoms with Gasteiger partial charge in [0.25, 0.3) is 0 Å². The Hall–Kier alpha value is -4.12. The van der Waals surface area contributed by atoms with Crippen molar-refractivity contribution in [3.8, 4) is 11.1 Å². The predicted molar refractivity (Wildman–Crippen MR) is 136 cm³/mol. The minimum atomic E-state index is -3.86. The third-order valence-electron chi connectivity index (χ3n) is 5.64. The van der Waals surface area contributed by atoms with Crippen LogP contribution in [-0.4, -0.2) is 43.2 Å². The molecular weight excluding hydrogens is 488 g/mol. The summed E-state index contributed by atoms with van der Waals surface area (Å²) in [7, 11) is -2.12. The van der Waals surface area contributed by atoms with E-state index in [1.54, 1.807) is 38.4 Å². The number of hydrogen-bond acceptors (Lipinski definition) is 6. The van der Waals surface area contributed by atoms with Gasteiger partial charge < -0.3 is 15.7 Å². The molecule has 0 aliphatic carbocycles. The van der Waals surface area contributed by atoms with Gasteiger partial charge in [-0.2, -0.15) is 0 Å². The van der Waals surface area contributed by atoms with Crippen LogP contribution in [0.1, 0.15) is 34.8 Å². The average Bonchev–Trinajstić information content (AvgIpc) is 3.28. The van der Waals surface area contributed by atoms with Crippen molar-refractivity contribution in [2.24, 2.45) is 0 Å². The molecule has 4 N–H and O–H groups in total. The lowest BCUT2D eigenvalue weighted by molar-refractivity contribution is 0.103. The van der Waals surface area contributed by atoms with Crippen LogP contribution >= 0.6 is 0 Å². The average molecular weight is 512 g/mol. The number of anilines is 2. The topological polar surface area (TPSA) is 128 Å². The minimum Gasteiger partial charge on any atom is -0.388 e. The fourth-order valence-electron chi connectivity index (χ4n) is 3.89. The van der Waals surface area contributed by atoms with E-state index >= 15 is 4.39 Å². The number of hydrogen-bond donors (Lipinski definition) is 4. The largest absolute Gasteiger partial charge is 0.388 e. The zero-order chi connectivity index (χ0) is 26.0. The standard InChI is InChI=1S/C25H23F2N5O3S/c1-3-8-36(34,35)32-20-7-6-19(26)22(23(20)27)24(33)18-13-31-25-17(18)9-16(12-30-25)14-4-5-15(11-28)21(10-14)29-2/h4-7,9-13,28-29,32H,3,8H2,1-2H3,(H,30,31). The van der Waals surface area contributed by atoms with E-state index in [4.69, 9.17) is 5.41 Å². The quantitative estimate of drug-likeness (QED) is 0.187. The molecule has 0 saturated heterocycles. The molecule has 0 saturated carbocycles. The number of aromatic amines is 1. The van der Waals surface area contributed by atoms with Crippen molar-refractivity contribution in [1.82, 2.24) is 9.97 Å². The number of aromatic nitrogens is 2. The van der Waals surface area contributed by atoms with E-state index in [9.17, 15) is 17.6 Å². The lowest BCUT2D eigenvalue weighted by Crippen LogP contribution is -2.18. The number of pyridine rings is 1. The number of rotatable bonds is 9. The lowest BCUT2D eigenvalue weighted by atomic mass is 9.99.